The molecule has 2 aromatic carbocycles. The normalized spacial score (nSPS) is 11.4. The number of nitrogens with zero attached hydrogens (tertiary/aromatic N) is 3. The van der Waals surface area contributed by atoms with Crippen LogP contribution in [0.1, 0.15) is 5.82 Å². The molecular weight excluding hydrogens is 453 g/mol. The van der Waals surface area contributed by atoms with Crippen LogP contribution in [0.4, 0.5) is 13.2 Å². The smallest absolute Gasteiger partial charge is 0.341 e. The van der Waals surface area contributed by atoms with Crippen molar-refractivity contribution in [2.75, 3.05) is 0 Å². The third-order valence-electron chi connectivity index (χ3n) is 3.84. The van der Waals surface area contributed by atoms with E-state index in [4.69, 9.17) is 11.6 Å². The second-order valence-electron chi connectivity index (χ2n) is 5.47. The van der Waals surface area contributed by atoms with E-state index in [1.165, 1.54) is 12.1 Å². The maximum atomic E-state index is 14.1. The van der Waals surface area contributed by atoms with Crippen LogP contribution in [0.15, 0.2) is 33.6 Å². The van der Waals surface area contributed by atoms with Crippen LogP contribution in [0.3, 0.4) is 0 Å². The highest BCUT2D eigenvalue weighted by atomic mass is 79.9. The van der Waals surface area contributed by atoms with Gasteiger partial charge in [0, 0.05) is 0 Å². The van der Waals surface area contributed by atoms with E-state index in [2.05, 4.69) is 35.6 Å². The number of aromatic nitrogens is 4. The number of benzene rings is 2. The maximum absolute atomic E-state index is 14.1. The standard InChI is InChI=1S/C16H7BrClF3N4O2/c17-5-11-22-13-7(4-10(20)12(21)14(13)23-11)15-24-27-16(26)25(15)6-1-2-9(19)8(18)3-6/h1-4H,5H2,(H,22,23). The minimum atomic E-state index is -1.18. The molecule has 11 heteroatoms. The average molecular weight is 460 g/mol. The van der Waals surface area contributed by atoms with Gasteiger partial charge in [-0.25, -0.2) is 27.5 Å². The number of aromatic amines is 1. The zero-order chi connectivity index (χ0) is 19.3. The molecule has 0 fully saturated rings. The topological polar surface area (TPSA) is 76.7 Å². The second-order valence-corrected chi connectivity index (χ2v) is 6.43. The van der Waals surface area contributed by atoms with Gasteiger partial charge in [0.15, 0.2) is 17.5 Å². The molecule has 0 saturated heterocycles. The summed E-state index contributed by atoms with van der Waals surface area (Å²) < 4.78 is 47.3. The molecule has 0 saturated carbocycles. The Morgan fingerprint density at radius 2 is 2.00 bits per heavy atom. The van der Waals surface area contributed by atoms with Crippen molar-refractivity contribution >= 4 is 38.6 Å². The first-order valence-corrected chi connectivity index (χ1v) is 8.87. The van der Waals surface area contributed by atoms with E-state index in [1.54, 1.807) is 0 Å². The van der Waals surface area contributed by atoms with E-state index in [0.717, 1.165) is 16.7 Å². The zero-order valence-corrected chi connectivity index (χ0v) is 15.4. The van der Waals surface area contributed by atoms with Crippen molar-refractivity contribution in [2.24, 2.45) is 0 Å². The highest BCUT2D eigenvalue weighted by molar-refractivity contribution is 9.08. The number of hydrogen-bond acceptors (Lipinski definition) is 4. The first-order valence-electron chi connectivity index (χ1n) is 7.37. The van der Waals surface area contributed by atoms with Gasteiger partial charge < -0.3 is 4.98 Å². The Kier molecular flexibility index (Phi) is 4.31. The van der Waals surface area contributed by atoms with Crippen LogP contribution in [0, 0.1) is 17.5 Å². The Hall–Kier alpha value is -2.59. The van der Waals surface area contributed by atoms with E-state index >= 15 is 0 Å². The Labute approximate surface area is 161 Å². The van der Waals surface area contributed by atoms with E-state index in [-0.39, 0.29) is 38.5 Å². The molecule has 2 aromatic heterocycles. The van der Waals surface area contributed by atoms with Crippen LogP contribution >= 0.6 is 27.5 Å². The van der Waals surface area contributed by atoms with Crippen molar-refractivity contribution < 1.29 is 17.7 Å². The van der Waals surface area contributed by atoms with Gasteiger partial charge in [-0.2, -0.15) is 0 Å². The summed E-state index contributed by atoms with van der Waals surface area (Å²) in [4.78, 5) is 19.0. The number of rotatable bonds is 3. The average Bonchev–Trinajstić information content (AvgIpc) is 3.25. The van der Waals surface area contributed by atoms with E-state index in [1.807, 2.05) is 0 Å². The van der Waals surface area contributed by atoms with Gasteiger partial charge in [-0.3, -0.25) is 4.52 Å². The van der Waals surface area contributed by atoms with Crippen LogP contribution in [-0.2, 0) is 5.33 Å². The predicted octanol–water partition coefficient (Wildman–Crippen LogP) is 4.33. The summed E-state index contributed by atoms with van der Waals surface area (Å²) in [6, 6.07) is 4.39. The second kappa shape index (κ2) is 6.54. The molecular formula is C16H7BrClF3N4O2. The Balaban J connectivity index is 2.03. The molecule has 138 valence electrons. The lowest BCUT2D eigenvalue weighted by molar-refractivity contribution is 0.383. The van der Waals surface area contributed by atoms with E-state index in [0.29, 0.717) is 5.82 Å². The molecule has 0 aliphatic carbocycles. The zero-order valence-electron chi connectivity index (χ0n) is 13.1. The number of nitrogens with one attached hydrogen (secondary N) is 1. The van der Waals surface area contributed by atoms with Crippen LogP contribution < -0.4 is 5.76 Å². The molecule has 0 unspecified atom stereocenters. The monoisotopic (exact) mass is 458 g/mol. The summed E-state index contributed by atoms with van der Waals surface area (Å²) in [7, 11) is 0. The fraction of sp³-hybridized carbons (Fsp3) is 0.0625. The number of imidazole rings is 1. The van der Waals surface area contributed by atoms with Gasteiger partial charge in [0.2, 0.25) is 0 Å². The SMILES string of the molecule is O=c1onc(-c2cc(F)c(F)c3nc(CBr)[nH]c23)n1-c1ccc(F)c(Cl)c1. The van der Waals surface area contributed by atoms with Crippen LogP contribution in [-0.4, -0.2) is 19.7 Å². The van der Waals surface area contributed by atoms with E-state index in [9.17, 15) is 18.0 Å². The van der Waals surface area contributed by atoms with Crippen molar-refractivity contribution in [3.8, 4) is 17.1 Å². The molecule has 0 amide bonds. The van der Waals surface area contributed by atoms with Gasteiger partial charge in [0.1, 0.15) is 17.2 Å². The summed E-state index contributed by atoms with van der Waals surface area (Å²) >= 11 is 8.95. The van der Waals surface area contributed by atoms with Gasteiger partial charge in [-0.1, -0.05) is 32.7 Å². The van der Waals surface area contributed by atoms with Gasteiger partial charge >= 0.3 is 5.76 Å². The fourth-order valence-corrected chi connectivity index (χ4v) is 3.10. The molecule has 4 rings (SSSR count). The number of alkyl halides is 1. The molecule has 0 bridgehead atoms. The minimum absolute atomic E-state index is 0.0369. The number of halogens is 5. The molecule has 27 heavy (non-hydrogen) atoms. The fourth-order valence-electron chi connectivity index (χ4n) is 2.66. The maximum Gasteiger partial charge on any atom is 0.446 e. The van der Waals surface area contributed by atoms with Gasteiger partial charge in [-0.05, 0) is 24.3 Å². The summed E-state index contributed by atoms with van der Waals surface area (Å²) in [6.07, 6.45) is 0. The lowest BCUT2D eigenvalue weighted by Crippen LogP contribution is -2.13. The van der Waals surface area contributed by atoms with Crippen LogP contribution in [0.5, 0.6) is 0 Å². The summed E-state index contributed by atoms with van der Waals surface area (Å²) in [5.74, 6) is -3.69. The van der Waals surface area contributed by atoms with Gasteiger partial charge in [0.25, 0.3) is 0 Å². The predicted molar refractivity (Wildman–Crippen MR) is 94.7 cm³/mol. The highest BCUT2D eigenvalue weighted by Crippen LogP contribution is 2.31. The van der Waals surface area contributed by atoms with Crippen LogP contribution in [0.2, 0.25) is 5.02 Å². The molecule has 1 N–H and O–H groups in total. The largest absolute Gasteiger partial charge is 0.446 e. The lowest BCUT2D eigenvalue weighted by Gasteiger charge is -2.07. The van der Waals surface area contributed by atoms with Gasteiger partial charge in [-0.15, -0.1) is 0 Å². The lowest BCUT2D eigenvalue weighted by atomic mass is 10.1. The van der Waals surface area contributed by atoms with Crippen molar-refractivity contribution in [1.29, 1.82) is 0 Å². The molecule has 4 aromatic rings. The van der Waals surface area contributed by atoms with Crippen molar-refractivity contribution in [3.63, 3.8) is 0 Å². The van der Waals surface area contributed by atoms with Gasteiger partial charge in [0.05, 0.1) is 27.1 Å². The summed E-state index contributed by atoms with van der Waals surface area (Å²) in [5, 5.41) is 3.69. The molecule has 2 heterocycles. The molecule has 0 spiro atoms. The molecule has 0 aliphatic heterocycles. The number of H-pyrrole nitrogens is 1. The Morgan fingerprint density at radius 3 is 2.70 bits per heavy atom. The number of fused-ring (bicyclic) bond motifs is 1. The third kappa shape index (κ3) is 2.85. The van der Waals surface area contributed by atoms with E-state index < -0.39 is 23.2 Å². The molecule has 0 radical (unpaired) electrons. The Morgan fingerprint density at radius 1 is 1.22 bits per heavy atom. The van der Waals surface area contributed by atoms with Crippen molar-refractivity contribution in [2.45, 2.75) is 5.33 Å². The minimum Gasteiger partial charge on any atom is -0.341 e. The molecule has 0 aliphatic rings. The highest BCUT2D eigenvalue weighted by Gasteiger charge is 2.23. The molecule has 6 nitrogen and oxygen atoms in total. The number of hydrogen-bond donors (Lipinski definition) is 1. The summed E-state index contributed by atoms with van der Waals surface area (Å²) in [5.41, 5.74) is 0.0489. The third-order valence-corrected chi connectivity index (χ3v) is 4.67. The Bertz CT molecular complexity index is 1250. The van der Waals surface area contributed by atoms with Crippen molar-refractivity contribution in [3.05, 3.63) is 63.1 Å². The first kappa shape index (κ1) is 17.8. The summed E-state index contributed by atoms with van der Waals surface area (Å²) in [6.45, 7) is 0. The van der Waals surface area contributed by atoms with Crippen molar-refractivity contribution in [1.82, 2.24) is 19.7 Å². The van der Waals surface area contributed by atoms with Crippen LogP contribution in [0.25, 0.3) is 28.1 Å². The quantitative estimate of drug-likeness (QED) is 0.463. The first-order chi connectivity index (χ1) is 12.9. The molecule has 0 atom stereocenters.